The molecule has 2 aromatic heterocycles. The highest BCUT2D eigenvalue weighted by Gasteiger charge is 2.02. The molecule has 5 heteroatoms. The van der Waals surface area contributed by atoms with E-state index in [9.17, 15) is 0 Å². The van der Waals surface area contributed by atoms with Crippen molar-refractivity contribution in [1.29, 1.82) is 0 Å². The molecule has 0 aliphatic heterocycles. The molecule has 0 aliphatic rings. The molecule has 0 atom stereocenters. The Morgan fingerprint density at radius 3 is 3.20 bits per heavy atom. The SMILES string of the molecule is OCCCNCc1ccnc2nc[nH]c12. The van der Waals surface area contributed by atoms with Gasteiger partial charge in [0.05, 0.1) is 11.8 Å². The van der Waals surface area contributed by atoms with E-state index < -0.39 is 0 Å². The molecule has 0 amide bonds. The number of hydrogen-bond donors (Lipinski definition) is 3. The fourth-order valence-electron chi connectivity index (χ4n) is 1.48. The van der Waals surface area contributed by atoms with Crippen LogP contribution in [-0.2, 0) is 6.54 Å². The van der Waals surface area contributed by atoms with E-state index in [0.29, 0.717) is 0 Å². The van der Waals surface area contributed by atoms with Crippen LogP contribution in [0.25, 0.3) is 11.2 Å². The van der Waals surface area contributed by atoms with Crippen molar-refractivity contribution < 1.29 is 5.11 Å². The standard InChI is InChI=1S/C10H14N4O/c15-5-1-3-11-6-8-2-4-12-10-9(8)13-7-14-10/h2,4,7,11,15H,1,3,5-6H2,(H,12,13,14). The van der Waals surface area contributed by atoms with Gasteiger partial charge in [-0.15, -0.1) is 0 Å². The van der Waals surface area contributed by atoms with Crippen molar-refractivity contribution >= 4 is 11.2 Å². The normalized spacial score (nSPS) is 11.0. The van der Waals surface area contributed by atoms with E-state index in [1.165, 1.54) is 0 Å². The highest BCUT2D eigenvalue weighted by Crippen LogP contribution is 2.11. The van der Waals surface area contributed by atoms with E-state index in [1.807, 2.05) is 6.07 Å². The minimum atomic E-state index is 0.225. The smallest absolute Gasteiger partial charge is 0.177 e. The minimum absolute atomic E-state index is 0.225. The molecule has 0 saturated carbocycles. The summed E-state index contributed by atoms with van der Waals surface area (Å²) < 4.78 is 0. The second kappa shape index (κ2) is 4.86. The third kappa shape index (κ3) is 2.31. The molecule has 0 fully saturated rings. The Labute approximate surface area is 87.6 Å². The van der Waals surface area contributed by atoms with Crippen LogP contribution < -0.4 is 5.32 Å². The maximum Gasteiger partial charge on any atom is 0.177 e. The number of nitrogens with zero attached hydrogens (tertiary/aromatic N) is 2. The van der Waals surface area contributed by atoms with Gasteiger partial charge in [0.1, 0.15) is 0 Å². The first-order chi connectivity index (χ1) is 7.42. The Morgan fingerprint density at radius 2 is 2.33 bits per heavy atom. The number of pyridine rings is 1. The van der Waals surface area contributed by atoms with Crippen molar-refractivity contribution in [2.75, 3.05) is 13.2 Å². The number of aliphatic hydroxyl groups excluding tert-OH is 1. The molecule has 0 aliphatic carbocycles. The van der Waals surface area contributed by atoms with Crippen LogP contribution in [0.15, 0.2) is 18.6 Å². The summed E-state index contributed by atoms with van der Waals surface area (Å²) in [5.41, 5.74) is 2.88. The molecule has 0 aromatic carbocycles. The van der Waals surface area contributed by atoms with Crippen LogP contribution in [0.1, 0.15) is 12.0 Å². The van der Waals surface area contributed by atoms with Gasteiger partial charge in [0.15, 0.2) is 5.65 Å². The Bertz CT molecular complexity index is 426. The number of nitrogens with one attached hydrogen (secondary N) is 2. The number of imidazole rings is 1. The molecule has 0 saturated heterocycles. The second-order valence-corrected chi connectivity index (χ2v) is 3.33. The van der Waals surface area contributed by atoms with Gasteiger partial charge in [-0.3, -0.25) is 0 Å². The molecule has 2 aromatic rings. The lowest BCUT2D eigenvalue weighted by Crippen LogP contribution is -2.15. The number of aliphatic hydroxyl groups is 1. The number of H-pyrrole nitrogens is 1. The summed E-state index contributed by atoms with van der Waals surface area (Å²) in [6, 6.07) is 1.96. The number of aromatic nitrogens is 3. The van der Waals surface area contributed by atoms with Crippen molar-refractivity contribution in [1.82, 2.24) is 20.3 Å². The zero-order chi connectivity index (χ0) is 10.5. The lowest BCUT2D eigenvalue weighted by atomic mass is 10.2. The van der Waals surface area contributed by atoms with Crippen molar-refractivity contribution in [2.45, 2.75) is 13.0 Å². The van der Waals surface area contributed by atoms with E-state index in [1.54, 1.807) is 12.5 Å². The van der Waals surface area contributed by atoms with Gasteiger partial charge >= 0.3 is 0 Å². The molecule has 80 valence electrons. The van der Waals surface area contributed by atoms with Gasteiger partial charge in [-0.25, -0.2) is 9.97 Å². The quantitative estimate of drug-likeness (QED) is 0.620. The van der Waals surface area contributed by atoms with Gasteiger partial charge in [-0.05, 0) is 24.6 Å². The van der Waals surface area contributed by atoms with Crippen LogP contribution >= 0.6 is 0 Å². The molecular formula is C10H14N4O. The Kier molecular flexibility index (Phi) is 3.26. The molecule has 2 heterocycles. The largest absolute Gasteiger partial charge is 0.396 e. The number of hydrogen-bond acceptors (Lipinski definition) is 4. The number of rotatable bonds is 5. The van der Waals surface area contributed by atoms with Crippen molar-refractivity contribution in [3.63, 3.8) is 0 Å². The third-order valence-corrected chi connectivity index (χ3v) is 2.24. The molecule has 2 rings (SSSR count). The molecule has 0 bridgehead atoms. The lowest BCUT2D eigenvalue weighted by molar-refractivity contribution is 0.286. The van der Waals surface area contributed by atoms with E-state index in [4.69, 9.17) is 5.11 Å². The molecule has 5 nitrogen and oxygen atoms in total. The highest BCUT2D eigenvalue weighted by molar-refractivity contribution is 5.73. The van der Waals surface area contributed by atoms with Gasteiger partial charge in [0, 0.05) is 19.3 Å². The lowest BCUT2D eigenvalue weighted by Gasteiger charge is -2.04. The Morgan fingerprint density at radius 1 is 1.40 bits per heavy atom. The van der Waals surface area contributed by atoms with E-state index >= 15 is 0 Å². The molecule has 15 heavy (non-hydrogen) atoms. The average Bonchev–Trinajstić information content (AvgIpc) is 2.73. The summed E-state index contributed by atoms with van der Waals surface area (Å²) in [6.45, 7) is 1.80. The second-order valence-electron chi connectivity index (χ2n) is 3.33. The third-order valence-electron chi connectivity index (χ3n) is 2.24. The molecule has 0 radical (unpaired) electrons. The first kappa shape index (κ1) is 10.1. The predicted octanol–water partition coefficient (Wildman–Crippen LogP) is 0.430. The van der Waals surface area contributed by atoms with Gasteiger partial charge in [0.25, 0.3) is 0 Å². The van der Waals surface area contributed by atoms with E-state index in [-0.39, 0.29) is 6.61 Å². The minimum Gasteiger partial charge on any atom is -0.396 e. The summed E-state index contributed by atoms with van der Waals surface area (Å²) in [4.78, 5) is 11.3. The fraction of sp³-hybridized carbons (Fsp3) is 0.400. The Balaban J connectivity index is 2.04. The van der Waals surface area contributed by atoms with Crippen LogP contribution in [0.5, 0.6) is 0 Å². The monoisotopic (exact) mass is 206 g/mol. The summed E-state index contributed by atoms with van der Waals surface area (Å²) in [5.74, 6) is 0. The maximum absolute atomic E-state index is 8.64. The molecule has 0 unspecified atom stereocenters. The summed E-state index contributed by atoms with van der Waals surface area (Å²) >= 11 is 0. The molecule has 3 N–H and O–H groups in total. The van der Waals surface area contributed by atoms with Gasteiger partial charge in [-0.2, -0.15) is 0 Å². The number of aromatic amines is 1. The predicted molar refractivity (Wildman–Crippen MR) is 57.3 cm³/mol. The highest BCUT2D eigenvalue weighted by atomic mass is 16.3. The van der Waals surface area contributed by atoms with E-state index in [2.05, 4.69) is 20.3 Å². The summed E-state index contributed by atoms with van der Waals surface area (Å²) in [6.07, 6.45) is 4.18. The van der Waals surface area contributed by atoms with Crippen molar-refractivity contribution in [3.8, 4) is 0 Å². The first-order valence-electron chi connectivity index (χ1n) is 5.00. The number of fused-ring (bicyclic) bond motifs is 1. The van der Waals surface area contributed by atoms with Gasteiger partial charge in [0.2, 0.25) is 0 Å². The maximum atomic E-state index is 8.64. The zero-order valence-corrected chi connectivity index (χ0v) is 8.40. The van der Waals surface area contributed by atoms with Gasteiger partial charge < -0.3 is 15.4 Å². The topological polar surface area (TPSA) is 73.8 Å². The fourth-order valence-corrected chi connectivity index (χ4v) is 1.48. The van der Waals surface area contributed by atoms with Crippen LogP contribution in [0.3, 0.4) is 0 Å². The van der Waals surface area contributed by atoms with Crippen LogP contribution in [0, 0.1) is 0 Å². The summed E-state index contributed by atoms with van der Waals surface area (Å²) in [5, 5.41) is 11.9. The average molecular weight is 206 g/mol. The summed E-state index contributed by atoms with van der Waals surface area (Å²) in [7, 11) is 0. The van der Waals surface area contributed by atoms with Crippen molar-refractivity contribution in [3.05, 3.63) is 24.2 Å². The Hall–Kier alpha value is -1.46. The van der Waals surface area contributed by atoms with Crippen LogP contribution in [0.4, 0.5) is 0 Å². The van der Waals surface area contributed by atoms with Crippen LogP contribution in [-0.4, -0.2) is 33.2 Å². The van der Waals surface area contributed by atoms with Gasteiger partial charge in [-0.1, -0.05) is 0 Å². The van der Waals surface area contributed by atoms with Crippen LogP contribution in [0.2, 0.25) is 0 Å². The first-order valence-corrected chi connectivity index (χ1v) is 5.00. The molecule has 0 spiro atoms. The van der Waals surface area contributed by atoms with Crippen molar-refractivity contribution in [2.24, 2.45) is 0 Å². The zero-order valence-electron chi connectivity index (χ0n) is 8.40. The molecular weight excluding hydrogens is 192 g/mol. The van der Waals surface area contributed by atoms with E-state index in [0.717, 1.165) is 36.2 Å².